The van der Waals surface area contributed by atoms with Gasteiger partial charge in [0.05, 0.1) is 5.60 Å². The molecule has 0 amide bonds. The van der Waals surface area contributed by atoms with E-state index in [0.29, 0.717) is 23.7 Å². The highest BCUT2D eigenvalue weighted by molar-refractivity contribution is 5.79. The van der Waals surface area contributed by atoms with Crippen LogP contribution in [0.25, 0.3) is 0 Å². The molecule has 4 aliphatic rings. The highest BCUT2D eigenvalue weighted by atomic mass is 16.3. The van der Waals surface area contributed by atoms with Crippen LogP contribution in [0.2, 0.25) is 0 Å². The smallest absolute Gasteiger partial charge is 0.133 e. The summed E-state index contributed by atoms with van der Waals surface area (Å²) in [6, 6.07) is 0. The van der Waals surface area contributed by atoms with E-state index >= 15 is 0 Å². The maximum Gasteiger partial charge on any atom is 0.133 e. The number of hydrogen-bond donors (Lipinski definition) is 1. The SMILES string of the molecule is [2H]C1C[C@H]2[C@@H]3CC[C@H]4C[C@](C)(O)CC[C@]4(C)[C@H]3CC[C@]2(C)[C@@]1([2H])C(C)=O. The summed E-state index contributed by atoms with van der Waals surface area (Å²) in [5.41, 5.74) is -0.561. The Bertz CT molecular complexity index is 619. The Morgan fingerprint density at radius 1 is 1.04 bits per heavy atom. The van der Waals surface area contributed by atoms with Crippen molar-refractivity contribution < 1.29 is 12.6 Å². The van der Waals surface area contributed by atoms with Crippen LogP contribution in [0.3, 0.4) is 0 Å². The molecule has 136 valence electrons. The molecule has 0 aromatic rings. The molecule has 0 radical (unpaired) electrons. The lowest BCUT2D eigenvalue weighted by Gasteiger charge is -2.61. The van der Waals surface area contributed by atoms with Crippen LogP contribution in [0, 0.1) is 40.4 Å². The number of Topliss-reactive ketones (excluding diaryl/α,β-unsaturated/α-hetero) is 1. The van der Waals surface area contributed by atoms with Crippen molar-refractivity contribution in [2.75, 3.05) is 0 Å². The van der Waals surface area contributed by atoms with E-state index in [9.17, 15) is 9.90 Å². The van der Waals surface area contributed by atoms with Gasteiger partial charge in [0.15, 0.2) is 0 Å². The topological polar surface area (TPSA) is 37.3 Å². The molecule has 4 rings (SSSR count). The van der Waals surface area contributed by atoms with E-state index < -0.39 is 17.9 Å². The minimum atomic E-state index is -1.23. The minimum Gasteiger partial charge on any atom is -0.390 e. The van der Waals surface area contributed by atoms with Crippen LogP contribution < -0.4 is 0 Å². The van der Waals surface area contributed by atoms with Crippen molar-refractivity contribution in [2.24, 2.45) is 40.4 Å². The Morgan fingerprint density at radius 3 is 2.46 bits per heavy atom. The van der Waals surface area contributed by atoms with E-state index in [0.717, 1.165) is 51.4 Å². The molecule has 0 bridgehead atoms. The van der Waals surface area contributed by atoms with Gasteiger partial charge in [-0.25, -0.2) is 0 Å². The lowest BCUT2D eigenvalue weighted by molar-refractivity contribution is -0.150. The quantitative estimate of drug-likeness (QED) is 0.734. The zero-order chi connectivity index (χ0) is 19.1. The largest absolute Gasteiger partial charge is 0.390 e. The number of fused-ring (bicyclic) bond motifs is 5. The summed E-state index contributed by atoms with van der Waals surface area (Å²) in [4.78, 5) is 12.4. The van der Waals surface area contributed by atoms with Gasteiger partial charge in [-0.2, -0.15) is 0 Å². The normalized spacial score (nSPS) is 64.3. The van der Waals surface area contributed by atoms with E-state index in [4.69, 9.17) is 2.74 Å². The summed E-state index contributed by atoms with van der Waals surface area (Å²) < 4.78 is 17.6. The summed E-state index contributed by atoms with van der Waals surface area (Å²) in [6.45, 7) is 8.14. The van der Waals surface area contributed by atoms with Gasteiger partial charge in [-0.05, 0) is 106 Å². The van der Waals surface area contributed by atoms with Crippen molar-refractivity contribution in [3.63, 3.8) is 0 Å². The number of ketones is 1. The second-order valence-electron chi connectivity index (χ2n) is 10.2. The van der Waals surface area contributed by atoms with Crippen LogP contribution >= 0.6 is 0 Å². The molecule has 0 aliphatic heterocycles. The number of carbonyl (C=O) groups is 1. The van der Waals surface area contributed by atoms with Crippen molar-refractivity contribution in [3.05, 3.63) is 0 Å². The number of hydrogen-bond acceptors (Lipinski definition) is 2. The minimum absolute atomic E-state index is 0.102. The summed E-state index contributed by atoms with van der Waals surface area (Å²) in [5.74, 6) is 0.796. The lowest BCUT2D eigenvalue weighted by atomic mass is 9.44. The zero-order valence-corrected chi connectivity index (χ0v) is 15.9. The fourth-order valence-corrected chi connectivity index (χ4v) is 7.54. The average molecular weight is 335 g/mol. The molecule has 2 nitrogen and oxygen atoms in total. The Balaban J connectivity index is 1.66. The average Bonchev–Trinajstić information content (AvgIpc) is 2.77. The lowest BCUT2D eigenvalue weighted by Crippen LogP contribution is -2.55. The molecule has 24 heavy (non-hydrogen) atoms. The van der Waals surface area contributed by atoms with Gasteiger partial charge in [0.25, 0.3) is 0 Å². The summed E-state index contributed by atoms with van der Waals surface area (Å²) in [7, 11) is 0. The molecule has 1 N–H and O–H groups in total. The highest BCUT2D eigenvalue weighted by Gasteiger charge is 2.61. The molecule has 1 unspecified atom stereocenters. The van der Waals surface area contributed by atoms with Gasteiger partial charge < -0.3 is 5.11 Å². The van der Waals surface area contributed by atoms with Crippen LogP contribution in [-0.4, -0.2) is 16.5 Å². The third-order valence-electron chi connectivity index (χ3n) is 8.91. The fraction of sp³-hybridized carbons (Fsp3) is 0.955. The van der Waals surface area contributed by atoms with E-state index in [2.05, 4.69) is 13.8 Å². The number of rotatable bonds is 1. The molecule has 9 atom stereocenters. The van der Waals surface area contributed by atoms with Crippen LogP contribution in [0.15, 0.2) is 0 Å². The van der Waals surface area contributed by atoms with E-state index in [-0.39, 0.29) is 16.6 Å². The molecule has 0 aromatic carbocycles. The first kappa shape index (κ1) is 14.8. The first-order valence-corrected chi connectivity index (χ1v) is 10.1. The van der Waals surface area contributed by atoms with Crippen LogP contribution in [-0.2, 0) is 4.79 Å². The Kier molecular flexibility index (Phi) is 3.27. The van der Waals surface area contributed by atoms with Crippen molar-refractivity contribution in [1.82, 2.24) is 0 Å². The highest BCUT2D eigenvalue weighted by Crippen LogP contribution is 2.68. The van der Waals surface area contributed by atoms with Crippen molar-refractivity contribution >= 4 is 5.78 Å². The molecule has 4 fully saturated rings. The molecule has 4 saturated carbocycles. The van der Waals surface area contributed by atoms with E-state index in [1.54, 1.807) is 0 Å². The molecule has 0 heterocycles. The van der Waals surface area contributed by atoms with Crippen LogP contribution in [0.1, 0.15) is 88.2 Å². The number of carbonyl (C=O) groups excluding carboxylic acids is 1. The van der Waals surface area contributed by atoms with Crippen molar-refractivity contribution in [2.45, 2.75) is 91.1 Å². The van der Waals surface area contributed by atoms with E-state index in [1.165, 1.54) is 6.92 Å². The molecule has 0 aromatic heterocycles. The number of aliphatic hydroxyl groups is 1. The maximum absolute atomic E-state index is 12.4. The summed E-state index contributed by atoms with van der Waals surface area (Å²) in [5, 5.41) is 10.6. The molecular formula is C22H36O2. The van der Waals surface area contributed by atoms with E-state index in [1.807, 2.05) is 6.92 Å². The maximum atomic E-state index is 12.4. The molecule has 2 heteroatoms. The molecule has 4 aliphatic carbocycles. The van der Waals surface area contributed by atoms with Crippen molar-refractivity contribution in [1.29, 1.82) is 0 Å². The van der Waals surface area contributed by atoms with Gasteiger partial charge >= 0.3 is 0 Å². The van der Waals surface area contributed by atoms with Crippen LogP contribution in [0.5, 0.6) is 0 Å². The monoisotopic (exact) mass is 334 g/mol. The third-order valence-corrected chi connectivity index (χ3v) is 8.91. The Labute approximate surface area is 150 Å². The first-order chi connectivity index (χ1) is 12.0. The van der Waals surface area contributed by atoms with Gasteiger partial charge in [-0.15, -0.1) is 0 Å². The molecule has 0 saturated heterocycles. The molecular weight excluding hydrogens is 296 g/mol. The van der Waals surface area contributed by atoms with Crippen LogP contribution in [0.4, 0.5) is 0 Å². The predicted molar refractivity (Wildman–Crippen MR) is 96.5 cm³/mol. The standard InChI is InChI=1S/C22H36O2/c1-14(23)17-7-8-18-16-6-5-15-13-20(2,24)11-12-21(15,3)19(16)9-10-22(17,18)4/h15-19,24H,5-13H2,1-4H3/t15-,16-,17+,18-,19-,20+,21-,22+/m0/s1/i7D,17D/t7?,15-,16-,17+,18-,19-,20+,21-,22+. The second-order valence-corrected chi connectivity index (χ2v) is 10.2. The zero-order valence-electron chi connectivity index (χ0n) is 17.9. The molecule has 0 spiro atoms. The third kappa shape index (κ3) is 2.27. The van der Waals surface area contributed by atoms with Gasteiger partial charge in [0.1, 0.15) is 5.78 Å². The Morgan fingerprint density at radius 2 is 1.75 bits per heavy atom. The van der Waals surface area contributed by atoms with Gasteiger partial charge in [0, 0.05) is 8.64 Å². The first-order valence-electron chi connectivity index (χ1n) is 11.2. The summed E-state index contributed by atoms with van der Waals surface area (Å²) >= 11 is 0. The van der Waals surface area contributed by atoms with Gasteiger partial charge in [0.2, 0.25) is 0 Å². The van der Waals surface area contributed by atoms with Crippen molar-refractivity contribution in [3.8, 4) is 0 Å². The second kappa shape index (κ2) is 5.32. The predicted octanol–water partition coefficient (Wildman–Crippen LogP) is 4.99. The van der Waals surface area contributed by atoms with Gasteiger partial charge in [-0.1, -0.05) is 13.8 Å². The van der Waals surface area contributed by atoms with Gasteiger partial charge in [-0.3, -0.25) is 4.79 Å². The Hall–Kier alpha value is -0.370. The fourth-order valence-electron chi connectivity index (χ4n) is 7.54. The summed E-state index contributed by atoms with van der Waals surface area (Å²) in [6.07, 6.45) is 7.37.